The monoisotopic (exact) mass is 647 g/mol. The van der Waals surface area contributed by atoms with Gasteiger partial charge in [0.1, 0.15) is 23.4 Å². The lowest BCUT2D eigenvalue weighted by atomic mass is 9.95. The topological polar surface area (TPSA) is 117 Å². The van der Waals surface area contributed by atoms with Gasteiger partial charge in [-0.15, -0.1) is 10.2 Å². The Morgan fingerprint density at radius 1 is 1.02 bits per heavy atom. The van der Waals surface area contributed by atoms with Crippen LogP contribution >= 0.6 is 39.0 Å². The largest absolute Gasteiger partial charge is 0.489 e. The van der Waals surface area contributed by atoms with Gasteiger partial charge in [-0.3, -0.25) is 0 Å². The number of methoxy groups -OCH3 is 1. The molecule has 1 aliphatic heterocycles. The van der Waals surface area contributed by atoms with Crippen molar-refractivity contribution in [2.45, 2.75) is 17.0 Å². The maximum Gasteiger partial charge on any atom is 0.338 e. The SMILES string of the molecule is COC(=O)C1=C(CSc2nnc(-c3ccccc3)s2)Nc2nnnn2C1c1ccc(OCc2ccc(Br)cc2)cc1. The van der Waals surface area contributed by atoms with Crippen LogP contribution in [-0.4, -0.2) is 49.2 Å². The predicted molar refractivity (Wildman–Crippen MR) is 160 cm³/mol. The Morgan fingerprint density at radius 3 is 2.56 bits per heavy atom. The van der Waals surface area contributed by atoms with E-state index in [9.17, 15) is 4.79 Å². The van der Waals surface area contributed by atoms with E-state index in [1.807, 2.05) is 78.9 Å². The number of hydrogen-bond donors (Lipinski definition) is 1. The van der Waals surface area contributed by atoms with Crippen LogP contribution in [0.1, 0.15) is 17.2 Å². The molecule has 10 nitrogen and oxygen atoms in total. The van der Waals surface area contributed by atoms with E-state index in [1.54, 1.807) is 4.68 Å². The second kappa shape index (κ2) is 12.2. The Balaban J connectivity index is 1.25. The standard InChI is InChI=1S/C28H22BrN7O3S2/c1-38-26(37)23-22(16-40-28-33-31-25(41-28)19-5-3-2-4-6-19)30-27-32-34-35-36(27)24(23)18-9-13-21(14-10-18)39-15-17-7-11-20(29)12-8-17/h2-14,24H,15-16H2,1H3,(H,30,32,35). The van der Waals surface area contributed by atoms with Crippen molar-refractivity contribution in [3.8, 4) is 16.3 Å². The molecule has 41 heavy (non-hydrogen) atoms. The van der Waals surface area contributed by atoms with E-state index in [4.69, 9.17) is 9.47 Å². The van der Waals surface area contributed by atoms with Crippen molar-refractivity contribution in [3.05, 3.63) is 106 Å². The molecule has 3 aromatic carbocycles. The lowest BCUT2D eigenvalue weighted by Crippen LogP contribution is -2.30. The predicted octanol–water partition coefficient (Wildman–Crippen LogP) is 5.77. The first-order valence-corrected chi connectivity index (χ1v) is 15.0. The van der Waals surface area contributed by atoms with Crippen LogP contribution in [0.5, 0.6) is 5.75 Å². The summed E-state index contributed by atoms with van der Waals surface area (Å²) in [6, 6.07) is 24.8. The molecule has 3 heterocycles. The smallest absolute Gasteiger partial charge is 0.338 e. The summed E-state index contributed by atoms with van der Waals surface area (Å²) in [7, 11) is 1.36. The molecule has 1 aliphatic rings. The van der Waals surface area contributed by atoms with Gasteiger partial charge in [-0.05, 0) is 45.8 Å². The molecule has 5 aromatic rings. The maximum absolute atomic E-state index is 13.2. The summed E-state index contributed by atoms with van der Waals surface area (Å²) in [5, 5.41) is 24.8. The minimum Gasteiger partial charge on any atom is -0.489 e. The fraction of sp³-hybridized carbons (Fsp3) is 0.143. The van der Waals surface area contributed by atoms with Crippen LogP contribution in [0.3, 0.4) is 0 Å². The Bertz CT molecular complexity index is 1690. The molecule has 0 bridgehead atoms. The van der Waals surface area contributed by atoms with Gasteiger partial charge >= 0.3 is 5.97 Å². The van der Waals surface area contributed by atoms with Gasteiger partial charge in [0.2, 0.25) is 5.95 Å². The molecule has 1 atom stereocenters. The number of tetrazole rings is 1. The molecule has 0 radical (unpaired) electrons. The molecular formula is C28H22BrN7O3S2. The highest BCUT2D eigenvalue weighted by atomic mass is 79.9. The first kappa shape index (κ1) is 27.1. The van der Waals surface area contributed by atoms with E-state index in [-0.39, 0.29) is 0 Å². The number of thioether (sulfide) groups is 1. The molecule has 0 saturated carbocycles. The van der Waals surface area contributed by atoms with E-state index in [1.165, 1.54) is 30.2 Å². The minimum absolute atomic E-state index is 0.408. The average Bonchev–Trinajstić information content (AvgIpc) is 3.69. The summed E-state index contributed by atoms with van der Waals surface area (Å²) in [5.74, 6) is 1.06. The Labute approximate surface area is 251 Å². The average molecular weight is 649 g/mol. The first-order chi connectivity index (χ1) is 20.1. The van der Waals surface area contributed by atoms with Gasteiger partial charge in [0.15, 0.2) is 4.34 Å². The van der Waals surface area contributed by atoms with Crippen molar-refractivity contribution in [3.63, 3.8) is 0 Å². The number of benzene rings is 3. The fourth-order valence-corrected chi connectivity index (χ4v) is 6.39. The highest BCUT2D eigenvalue weighted by Crippen LogP contribution is 2.38. The van der Waals surface area contributed by atoms with Gasteiger partial charge in [0.05, 0.1) is 12.7 Å². The van der Waals surface area contributed by atoms with Crippen molar-refractivity contribution in [1.82, 2.24) is 30.4 Å². The molecule has 2 aromatic heterocycles. The van der Waals surface area contributed by atoms with Crippen LogP contribution in [0.15, 0.2) is 98.9 Å². The number of esters is 1. The van der Waals surface area contributed by atoms with E-state index >= 15 is 0 Å². The Morgan fingerprint density at radius 2 is 1.80 bits per heavy atom. The summed E-state index contributed by atoms with van der Waals surface area (Å²) in [4.78, 5) is 13.2. The summed E-state index contributed by atoms with van der Waals surface area (Å²) >= 11 is 6.41. The Hall–Kier alpha value is -4.07. The van der Waals surface area contributed by atoms with Gasteiger partial charge in [-0.25, -0.2) is 4.79 Å². The van der Waals surface area contributed by atoms with Crippen molar-refractivity contribution in [1.29, 1.82) is 0 Å². The van der Waals surface area contributed by atoms with Crippen molar-refractivity contribution in [2.24, 2.45) is 0 Å². The summed E-state index contributed by atoms with van der Waals surface area (Å²) in [5.41, 5.74) is 3.92. The number of ether oxygens (including phenoxy) is 2. The molecule has 1 unspecified atom stereocenters. The summed E-state index contributed by atoms with van der Waals surface area (Å²) in [6.45, 7) is 0.434. The van der Waals surface area contributed by atoms with Gasteiger partial charge in [0, 0.05) is 21.5 Å². The number of nitrogens with one attached hydrogen (secondary N) is 1. The molecular weight excluding hydrogens is 626 g/mol. The van der Waals surface area contributed by atoms with E-state index in [2.05, 4.69) is 47.0 Å². The first-order valence-electron chi connectivity index (χ1n) is 12.4. The van der Waals surface area contributed by atoms with Crippen LogP contribution in [0.4, 0.5) is 5.95 Å². The van der Waals surface area contributed by atoms with Crippen LogP contribution in [0.2, 0.25) is 0 Å². The molecule has 0 saturated heterocycles. The third kappa shape index (κ3) is 6.01. The highest BCUT2D eigenvalue weighted by molar-refractivity contribution is 9.10. The zero-order chi connectivity index (χ0) is 28.2. The van der Waals surface area contributed by atoms with Gasteiger partial charge in [-0.1, -0.05) is 98.7 Å². The molecule has 1 N–H and O–H groups in total. The van der Waals surface area contributed by atoms with Crippen LogP contribution < -0.4 is 10.1 Å². The van der Waals surface area contributed by atoms with Crippen LogP contribution in [-0.2, 0) is 16.1 Å². The molecule has 206 valence electrons. The number of fused-ring (bicyclic) bond motifs is 1. The second-order valence-corrected chi connectivity index (χ2v) is 12.0. The second-order valence-electron chi connectivity index (χ2n) is 8.87. The number of halogens is 1. The minimum atomic E-state index is -0.598. The lowest BCUT2D eigenvalue weighted by Gasteiger charge is -2.28. The van der Waals surface area contributed by atoms with Crippen molar-refractivity contribution >= 4 is 50.9 Å². The molecule has 0 aliphatic carbocycles. The summed E-state index contributed by atoms with van der Waals surface area (Å²) < 4.78 is 14.6. The molecule has 0 amide bonds. The quantitative estimate of drug-likeness (QED) is 0.156. The normalized spacial score (nSPS) is 14.3. The lowest BCUT2D eigenvalue weighted by molar-refractivity contribution is -0.136. The van der Waals surface area contributed by atoms with Gasteiger partial charge in [0.25, 0.3) is 0 Å². The molecule has 13 heteroatoms. The van der Waals surface area contributed by atoms with Gasteiger partial charge in [-0.2, -0.15) is 4.68 Å². The Kier molecular flexibility index (Phi) is 8.07. The number of anilines is 1. The zero-order valence-corrected chi connectivity index (χ0v) is 24.8. The molecule has 6 rings (SSSR count). The number of rotatable bonds is 9. The number of carbonyl (C=O) groups excluding carboxylic acids is 1. The number of hydrogen-bond acceptors (Lipinski definition) is 11. The number of nitrogens with zero attached hydrogens (tertiary/aromatic N) is 6. The zero-order valence-electron chi connectivity index (χ0n) is 21.6. The van der Waals surface area contributed by atoms with Gasteiger partial charge < -0.3 is 14.8 Å². The summed E-state index contributed by atoms with van der Waals surface area (Å²) in [6.07, 6.45) is 0. The number of aromatic nitrogens is 6. The molecule has 0 fully saturated rings. The fourth-order valence-electron chi connectivity index (χ4n) is 4.30. The highest BCUT2D eigenvalue weighted by Gasteiger charge is 2.36. The number of carbonyl (C=O) groups is 1. The third-order valence-corrected chi connectivity index (χ3v) is 8.95. The third-order valence-electron chi connectivity index (χ3n) is 6.29. The van der Waals surface area contributed by atoms with E-state index < -0.39 is 12.0 Å². The van der Waals surface area contributed by atoms with Crippen molar-refractivity contribution in [2.75, 3.05) is 18.2 Å². The van der Waals surface area contributed by atoms with Crippen molar-refractivity contribution < 1.29 is 14.3 Å². The van der Waals surface area contributed by atoms with Crippen LogP contribution in [0.25, 0.3) is 10.6 Å². The maximum atomic E-state index is 13.2. The van der Waals surface area contributed by atoms with E-state index in [0.29, 0.717) is 35.3 Å². The van der Waals surface area contributed by atoms with Crippen LogP contribution in [0, 0.1) is 0 Å². The van der Waals surface area contributed by atoms with E-state index in [0.717, 1.165) is 30.5 Å². The molecule has 0 spiro atoms.